The van der Waals surface area contributed by atoms with E-state index in [2.05, 4.69) is 15.0 Å². The van der Waals surface area contributed by atoms with Crippen molar-refractivity contribution in [1.82, 2.24) is 15.0 Å². The minimum Gasteiger partial charge on any atom is -0.440 e. The van der Waals surface area contributed by atoms with Crippen molar-refractivity contribution in [2.75, 3.05) is 0 Å². The van der Waals surface area contributed by atoms with Crippen LogP contribution in [0.5, 0.6) is 0 Å². The first-order valence-electron chi connectivity index (χ1n) is 3.89. The highest BCUT2D eigenvalue weighted by atomic mass is 16.3. The highest BCUT2D eigenvalue weighted by molar-refractivity contribution is 5.68. The van der Waals surface area contributed by atoms with E-state index in [1.54, 1.807) is 0 Å². The topological polar surface area (TPSA) is 51.8 Å². The second kappa shape index (κ2) is 3.80. The predicted molar refractivity (Wildman–Crippen MR) is 45.7 cm³/mol. The summed E-state index contributed by atoms with van der Waals surface area (Å²) in [5.41, 5.74) is 2.11. The Morgan fingerprint density at radius 2 is 1.92 bits per heavy atom. The quantitative estimate of drug-likeness (QED) is 0.598. The van der Waals surface area contributed by atoms with Crippen LogP contribution in [0.15, 0.2) is 17.1 Å². The van der Waals surface area contributed by atoms with Crippen LogP contribution in [0.1, 0.15) is 19.5 Å². The van der Waals surface area contributed by atoms with Gasteiger partial charge in [-0.15, -0.1) is 0 Å². The molecule has 0 amide bonds. The lowest BCUT2D eigenvalue weighted by Crippen LogP contribution is -1.83. The predicted octanol–water partition coefficient (Wildman–Crippen LogP) is 1.95. The molecule has 2 aromatic heterocycles. The summed E-state index contributed by atoms with van der Waals surface area (Å²) in [6.45, 7) is 5.86. The molecule has 4 nitrogen and oxygen atoms in total. The fourth-order valence-electron chi connectivity index (χ4n) is 0.808. The van der Waals surface area contributed by atoms with Gasteiger partial charge in [0, 0.05) is 0 Å². The molecule has 0 atom stereocenters. The fourth-order valence-corrected chi connectivity index (χ4v) is 0.808. The van der Waals surface area contributed by atoms with Crippen molar-refractivity contribution in [2.45, 2.75) is 20.8 Å². The van der Waals surface area contributed by atoms with Crippen molar-refractivity contribution < 1.29 is 4.42 Å². The number of rotatable bonds is 0. The second-order valence-corrected chi connectivity index (χ2v) is 1.96. The number of hydrogen-bond donors (Lipinski definition) is 0. The molecule has 4 heteroatoms. The minimum atomic E-state index is 0.618. The summed E-state index contributed by atoms with van der Waals surface area (Å²) < 4.78 is 5.01. The Kier molecular flexibility index (Phi) is 2.74. The molecule has 0 radical (unpaired) electrons. The van der Waals surface area contributed by atoms with Crippen LogP contribution in [-0.4, -0.2) is 15.0 Å². The van der Waals surface area contributed by atoms with Gasteiger partial charge in [0.2, 0.25) is 5.65 Å². The van der Waals surface area contributed by atoms with Crippen LogP contribution in [0.3, 0.4) is 0 Å². The van der Waals surface area contributed by atoms with Gasteiger partial charge >= 0.3 is 0 Å². The molecule has 2 heterocycles. The second-order valence-electron chi connectivity index (χ2n) is 1.96. The first-order chi connectivity index (χ1) is 5.88. The molecule has 0 aliphatic carbocycles. The highest BCUT2D eigenvalue weighted by Gasteiger charge is 2.01. The number of hydrogen-bond acceptors (Lipinski definition) is 4. The molecule has 0 unspecified atom stereocenters. The molecule has 0 bridgehead atoms. The smallest absolute Gasteiger partial charge is 0.201 e. The molecule has 0 saturated heterocycles. The zero-order chi connectivity index (χ0) is 8.97. The van der Waals surface area contributed by atoms with E-state index >= 15 is 0 Å². The van der Waals surface area contributed by atoms with Gasteiger partial charge in [0.1, 0.15) is 6.33 Å². The highest BCUT2D eigenvalue weighted by Crippen LogP contribution is 2.10. The van der Waals surface area contributed by atoms with Crippen LogP contribution in [0, 0.1) is 6.92 Å². The Bertz CT molecular complexity index is 356. The lowest BCUT2D eigenvalue weighted by molar-refractivity contribution is 0.597. The molecule has 0 N–H and O–H groups in total. The molecular weight excluding hydrogens is 154 g/mol. The standard InChI is InChI=1S/C6H5N3O.C2H6/c1-4-5-6(8-2-7-4)9-3-10-5;1-2/h2-3H,1H3;1-2H3. The van der Waals surface area contributed by atoms with Crippen molar-refractivity contribution in [1.29, 1.82) is 0 Å². The van der Waals surface area contributed by atoms with E-state index in [1.165, 1.54) is 12.7 Å². The van der Waals surface area contributed by atoms with Crippen LogP contribution in [0.25, 0.3) is 11.2 Å². The SMILES string of the molecule is CC.Cc1ncnc2ncoc12. The molecule has 0 spiro atoms. The fraction of sp³-hybridized carbons (Fsp3) is 0.375. The molecule has 0 aromatic carbocycles. The third-order valence-electron chi connectivity index (χ3n) is 1.31. The Balaban J connectivity index is 0.000000336. The Labute approximate surface area is 70.7 Å². The van der Waals surface area contributed by atoms with E-state index in [1.807, 2.05) is 20.8 Å². The molecule has 2 rings (SSSR count). The Hall–Kier alpha value is -1.45. The van der Waals surface area contributed by atoms with Crippen LogP contribution < -0.4 is 0 Å². The van der Waals surface area contributed by atoms with Gasteiger partial charge in [-0.1, -0.05) is 13.8 Å². The number of nitrogens with zero attached hydrogens (tertiary/aromatic N) is 3. The average Bonchev–Trinajstić information content (AvgIpc) is 2.57. The third kappa shape index (κ3) is 1.42. The van der Waals surface area contributed by atoms with Gasteiger partial charge in [-0.3, -0.25) is 0 Å². The van der Waals surface area contributed by atoms with Gasteiger partial charge in [0.25, 0.3) is 0 Å². The Morgan fingerprint density at radius 3 is 2.58 bits per heavy atom. The zero-order valence-corrected chi connectivity index (χ0v) is 7.40. The van der Waals surface area contributed by atoms with E-state index in [0.717, 1.165) is 5.69 Å². The van der Waals surface area contributed by atoms with Gasteiger partial charge in [-0.05, 0) is 6.92 Å². The molecule has 0 aliphatic rings. The molecule has 0 saturated carbocycles. The molecule has 64 valence electrons. The van der Waals surface area contributed by atoms with Gasteiger partial charge in [-0.25, -0.2) is 9.97 Å². The van der Waals surface area contributed by atoms with Gasteiger partial charge in [-0.2, -0.15) is 4.98 Å². The van der Waals surface area contributed by atoms with Crippen LogP contribution in [0.4, 0.5) is 0 Å². The molecule has 0 aliphatic heterocycles. The summed E-state index contributed by atoms with van der Waals surface area (Å²) in [5.74, 6) is 0. The number of oxazole rings is 1. The van der Waals surface area contributed by atoms with Crippen LogP contribution in [-0.2, 0) is 0 Å². The Morgan fingerprint density at radius 1 is 1.17 bits per heavy atom. The summed E-state index contributed by atoms with van der Waals surface area (Å²) in [6, 6.07) is 0. The van der Waals surface area contributed by atoms with Crippen molar-refractivity contribution in [3.8, 4) is 0 Å². The maximum atomic E-state index is 5.01. The van der Waals surface area contributed by atoms with Gasteiger partial charge in [0.05, 0.1) is 5.69 Å². The lowest BCUT2D eigenvalue weighted by atomic mass is 10.4. The largest absolute Gasteiger partial charge is 0.440 e. The van der Waals surface area contributed by atoms with E-state index in [-0.39, 0.29) is 0 Å². The van der Waals surface area contributed by atoms with Crippen molar-refractivity contribution >= 4 is 11.2 Å². The van der Waals surface area contributed by atoms with Crippen molar-refractivity contribution in [2.24, 2.45) is 0 Å². The maximum absolute atomic E-state index is 5.01. The minimum absolute atomic E-state index is 0.618. The third-order valence-corrected chi connectivity index (χ3v) is 1.31. The molecule has 12 heavy (non-hydrogen) atoms. The average molecular weight is 165 g/mol. The normalized spacial score (nSPS) is 9.25. The number of aryl methyl sites for hydroxylation is 1. The number of fused-ring (bicyclic) bond motifs is 1. The summed E-state index contributed by atoms with van der Waals surface area (Å²) in [7, 11) is 0. The van der Waals surface area contributed by atoms with E-state index in [4.69, 9.17) is 4.42 Å². The van der Waals surface area contributed by atoms with Crippen LogP contribution >= 0.6 is 0 Å². The van der Waals surface area contributed by atoms with E-state index in [0.29, 0.717) is 11.2 Å². The van der Waals surface area contributed by atoms with Gasteiger partial charge in [0.15, 0.2) is 12.0 Å². The zero-order valence-electron chi connectivity index (χ0n) is 7.40. The monoisotopic (exact) mass is 165 g/mol. The summed E-state index contributed by atoms with van der Waals surface area (Å²) in [5, 5.41) is 0. The number of aromatic nitrogens is 3. The van der Waals surface area contributed by atoms with Crippen molar-refractivity contribution in [3.63, 3.8) is 0 Å². The first kappa shape index (κ1) is 8.64. The van der Waals surface area contributed by atoms with E-state index < -0.39 is 0 Å². The molecule has 0 fully saturated rings. The van der Waals surface area contributed by atoms with Gasteiger partial charge < -0.3 is 4.42 Å². The molecular formula is C8H11N3O. The first-order valence-corrected chi connectivity index (χ1v) is 3.89. The van der Waals surface area contributed by atoms with Crippen LogP contribution in [0.2, 0.25) is 0 Å². The van der Waals surface area contributed by atoms with Crippen molar-refractivity contribution in [3.05, 3.63) is 18.4 Å². The lowest BCUT2D eigenvalue weighted by Gasteiger charge is -1.87. The summed E-state index contributed by atoms with van der Waals surface area (Å²) >= 11 is 0. The summed E-state index contributed by atoms with van der Waals surface area (Å²) in [6.07, 6.45) is 2.84. The molecule has 2 aromatic rings. The maximum Gasteiger partial charge on any atom is 0.201 e. The summed E-state index contributed by atoms with van der Waals surface area (Å²) in [4.78, 5) is 11.7. The van der Waals surface area contributed by atoms with E-state index in [9.17, 15) is 0 Å².